The van der Waals surface area contributed by atoms with Crippen molar-refractivity contribution in [3.05, 3.63) is 22.2 Å². The summed E-state index contributed by atoms with van der Waals surface area (Å²) < 4.78 is 11.6. The first-order valence-electron chi connectivity index (χ1n) is 6.85. The van der Waals surface area contributed by atoms with Crippen molar-refractivity contribution >= 4 is 21.9 Å². The van der Waals surface area contributed by atoms with E-state index in [1.165, 1.54) is 0 Å². The number of carboxylic acids is 1. The van der Waals surface area contributed by atoms with Crippen LogP contribution in [-0.4, -0.2) is 42.8 Å². The average molecular weight is 358 g/mol. The zero-order valence-corrected chi connectivity index (χ0v) is 14.0. The van der Waals surface area contributed by atoms with Crippen molar-refractivity contribution in [2.75, 3.05) is 20.8 Å². The second-order valence-electron chi connectivity index (χ2n) is 5.24. The lowest BCUT2D eigenvalue weighted by atomic mass is 10.0. The lowest BCUT2D eigenvalue weighted by molar-refractivity contribution is -0.142. The summed E-state index contributed by atoms with van der Waals surface area (Å²) >= 11 is 3.44. The van der Waals surface area contributed by atoms with Gasteiger partial charge in [0.05, 0.1) is 24.6 Å². The first-order chi connectivity index (χ1) is 9.97. The molecule has 1 aliphatic rings. The van der Waals surface area contributed by atoms with Gasteiger partial charge in [-0.05, 0) is 48.0 Å². The second kappa shape index (κ2) is 6.66. The summed E-state index contributed by atoms with van der Waals surface area (Å²) in [6.45, 7) is 3.39. The van der Waals surface area contributed by atoms with Crippen molar-refractivity contribution in [1.82, 2.24) is 4.90 Å². The zero-order valence-electron chi connectivity index (χ0n) is 12.4. The van der Waals surface area contributed by atoms with Gasteiger partial charge in [-0.3, -0.25) is 9.69 Å². The second-order valence-corrected chi connectivity index (χ2v) is 6.10. The number of rotatable bonds is 5. The molecular weight excluding hydrogens is 338 g/mol. The molecule has 0 radical (unpaired) electrons. The van der Waals surface area contributed by atoms with Gasteiger partial charge >= 0.3 is 5.97 Å². The number of carboxylic acid groups (broad SMARTS) is 1. The maximum atomic E-state index is 11.2. The number of aliphatic carboxylic acids is 1. The molecule has 1 N–H and O–H groups in total. The van der Waals surface area contributed by atoms with Crippen LogP contribution in [0.4, 0.5) is 0 Å². The lowest BCUT2D eigenvalue weighted by Crippen LogP contribution is -2.32. The highest BCUT2D eigenvalue weighted by molar-refractivity contribution is 9.10. The minimum atomic E-state index is -0.717. The van der Waals surface area contributed by atoms with Gasteiger partial charge in [0.1, 0.15) is 11.5 Å². The van der Waals surface area contributed by atoms with E-state index in [0.29, 0.717) is 13.0 Å². The first-order valence-corrected chi connectivity index (χ1v) is 7.64. The number of hydrogen-bond donors (Lipinski definition) is 1. The van der Waals surface area contributed by atoms with Gasteiger partial charge in [0, 0.05) is 18.2 Å². The molecule has 0 aromatic heterocycles. The summed E-state index contributed by atoms with van der Waals surface area (Å²) in [7, 11) is 3.25. The Bertz CT molecular complexity index is 535. The van der Waals surface area contributed by atoms with E-state index >= 15 is 0 Å². The van der Waals surface area contributed by atoms with Crippen molar-refractivity contribution in [2.45, 2.75) is 25.9 Å². The van der Waals surface area contributed by atoms with Crippen molar-refractivity contribution in [3.63, 3.8) is 0 Å². The number of nitrogens with zero attached hydrogens (tertiary/aromatic N) is 1. The van der Waals surface area contributed by atoms with Crippen LogP contribution < -0.4 is 9.47 Å². The van der Waals surface area contributed by atoms with Gasteiger partial charge in [-0.2, -0.15) is 0 Å². The molecular formula is C15H20BrNO4. The monoisotopic (exact) mass is 357 g/mol. The summed E-state index contributed by atoms with van der Waals surface area (Å²) in [5, 5.41) is 9.21. The predicted octanol–water partition coefficient (Wildman–Crippen LogP) is 2.76. The summed E-state index contributed by atoms with van der Waals surface area (Å²) in [6.07, 6.45) is 0.687. The Hall–Kier alpha value is -1.27. The van der Waals surface area contributed by atoms with Crippen LogP contribution in [0, 0.1) is 5.92 Å². The maximum absolute atomic E-state index is 11.2. The number of halogens is 1. The third-order valence-electron chi connectivity index (χ3n) is 4.13. The molecule has 0 aliphatic carbocycles. The quantitative estimate of drug-likeness (QED) is 0.877. The highest BCUT2D eigenvalue weighted by atomic mass is 79.9. The minimum Gasteiger partial charge on any atom is -0.496 e. The molecule has 0 bridgehead atoms. The molecule has 116 valence electrons. The van der Waals surface area contributed by atoms with E-state index in [9.17, 15) is 9.90 Å². The van der Waals surface area contributed by atoms with Crippen LogP contribution in [0.2, 0.25) is 0 Å². The number of likely N-dealkylation sites (tertiary alicyclic amines) is 1. The smallest absolute Gasteiger partial charge is 0.308 e. The summed E-state index contributed by atoms with van der Waals surface area (Å²) in [4.78, 5) is 13.4. The number of benzene rings is 1. The van der Waals surface area contributed by atoms with E-state index in [-0.39, 0.29) is 12.0 Å². The molecule has 6 heteroatoms. The van der Waals surface area contributed by atoms with Gasteiger partial charge < -0.3 is 14.6 Å². The van der Waals surface area contributed by atoms with Crippen molar-refractivity contribution in [2.24, 2.45) is 5.92 Å². The molecule has 21 heavy (non-hydrogen) atoms. The molecule has 0 amide bonds. The normalized spacial score (nSPS) is 22.3. The van der Waals surface area contributed by atoms with E-state index in [2.05, 4.69) is 20.8 Å². The molecule has 2 rings (SSSR count). The fourth-order valence-corrected chi connectivity index (χ4v) is 3.31. The van der Waals surface area contributed by atoms with Gasteiger partial charge in [-0.25, -0.2) is 0 Å². The Morgan fingerprint density at radius 2 is 2.05 bits per heavy atom. The largest absolute Gasteiger partial charge is 0.496 e. The van der Waals surface area contributed by atoms with Crippen molar-refractivity contribution in [3.8, 4) is 11.5 Å². The van der Waals surface area contributed by atoms with Crippen molar-refractivity contribution < 1.29 is 19.4 Å². The van der Waals surface area contributed by atoms with Crippen LogP contribution >= 0.6 is 15.9 Å². The zero-order chi connectivity index (χ0) is 15.6. The van der Waals surface area contributed by atoms with E-state index in [4.69, 9.17) is 9.47 Å². The average Bonchev–Trinajstić information content (AvgIpc) is 2.81. The summed E-state index contributed by atoms with van der Waals surface area (Å²) in [5.74, 6) is 0.500. The molecule has 2 atom stereocenters. The molecule has 0 saturated carbocycles. The lowest BCUT2D eigenvalue weighted by Gasteiger charge is -2.24. The number of hydrogen-bond acceptors (Lipinski definition) is 4. The van der Waals surface area contributed by atoms with E-state index in [1.807, 2.05) is 19.1 Å². The topological polar surface area (TPSA) is 59.0 Å². The highest BCUT2D eigenvalue weighted by Crippen LogP contribution is 2.35. The summed E-state index contributed by atoms with van der Waals surface area (Å²) in [6, 6.07) is 3.83. The standard InChI is InChI=1S/C15H20BrNO4/c1-9-11(15(18)19)4-5-17(9)8-10-6-14(21-3)12(16)7-13(10)20-2/h6-7,9,11H,4-5,8H2,1-3H3,(H,18,19). The van der Waals surface area contributed by atoms with Crippen LogP contribution in [0.15, 0.2) is 16.6 Å². The molecule has 0 spiro atoms. The Kier molecular flexibility index (Phi) is 5.11. The maximum Gasteiger partial charge on any atom is 0.308 e. The van der Waals surface area contributed by atoms with E-state index < -0.39 is 5.97 Å². The molecule has 1 aliphatic heterocycles. The van der Waals surface area contributed by atoms with Crippen molar-refractivity contribution in [1.29, 1.82) is 0 Å². The SMILES string of the molecule is COc1cc(CN2CCC(C(=O)O)C2C)c(OC)cc1Br. The van der Waals surface area contributed by atoms with E-state index in [0.717, 1.165) is 28.1 Å². The molecule has 5 nitrogen and oxygen atoms in total. The molecule has 1 heterocycles. The summed E-state index contributed by atoms with van der Waals surface area (Å²) in [5.41, 5.74) is 0.996. The van der Waals surface area contributed by atoms with Gasteiger partial charge in [0.15, 0.2) is 0 Å². The Labute approximate surface area is 133 Å². The molecule has 1 saturated heterocycles. The van der Waals surface area contributed by atoms with Crippen LogP contribution in [0.25, 0.3) is 0 Å². The van der Waals surface area contributed by atoms with E-state index in [1.54, 1.807) is 14.2 Å². The molecule has 1 aromatic carbocycles. The van der Waals surface area contributed by atoms with Crippen LogP contribution in [0.1, 0.15) is 18.9 Å². The van der Waals surface area contributed by atoms with Crippen LogP contribution in [0.5, 0.6) is 11.5 Å². The highest BCUT2D eigenvalue weighted by Gasteiger charge is 2.35. The van der Waals surface area contributed by atoms with Crippen LogP contribution in [0.3, 0.4) is 0 Å². The van der Waals surface area contributed by atoms with Gasteiger partial charge in [-0.15, -0.1) is 0 Å². The number of carbonyl (C=O) groups is 1. The Morgan fingerprint density at radius 3 is 2.57 bits per heavy atom. The fraction of sp³-hybridized carbons (Fsp3) is 0.533. The van der Waals surface area contributed by atoms with Gasteiger partial charge in [0.25, 0.3) is 0 Å². The molecule has 1 aromatic rings. The number of ether oxygens (including phenoxy) is 2. The Balaban J connectivity index is 2.21. The van der Waals surface area contributed by atoms with Gasteiger partial charge in [0.2, 0.25) is 0 Å². The molecule has 2 unspecified atom stereocenters. The Morgan fingerprint density at radius 1 is 1.38 bits per heavy atom. The van der Waals surface area contributed by atoms with Crippen LogP contribution in [-0.2, 0) is 11.3 Å². The molecule has 1 fully saturated rings. The third-order valence-corrected chi connectivity index (χ3v) is 4.75. The third kappa shape index (κ3) is 3.32. The van der Waals surface area contributed by atoms with Gasteiger partial charge in [-0.1, -0.05) is 0 Å². The first kappa shape index (κ1) is 16.1. The minimum absolute atomic E-state index is 0.0156. The predicted molar refractivity (Wildman–Crippen MR) is 82.9 cm³/mol. The number of methoxy groups -OCH3 is 2. The fourth-order valence-electron chi connectivity index (χ4n) is 2.82.